The molecule has 1 aliphatic rings. The van der Waals surface area contributed by atoms with E-state index >= 15 is 0 Å². The third-order valence-corrected chi connectivity index (χ3v) is 4.12. The van der Waals surface area contributed by atoms with Gasteiger partial charge >= 0.3 is 0 Å². The van der Waals surface area contributed by atoms with Gasteiger partial charge in [0.15, 0.2) is 0 Å². The van der Waals surface area contributed by atoms with E-state index in [1.165, 1.54) is 44.9 Å². The number of imidazole rings is 1. The topological polar surface area (TPSA) is 52.5 Å². The third kappa shape index (κ3) is 2.63. The number of rotatable bonds is 1. The molecule has 0 radical (unpaired) electrons. The molecule has 1 saturated carbocycles. The summed E-state index contributed by atoms with van der Waals surface area (Å²) in [5, 5.41) is 8.94. The van der Waals surface area contributed by atoms with Gasteiger partial charge in [0.05, 0.1) is 22.7 Å². The highest BCUT2D eigenvalue weighted by Crippen LogP contribution is 2.30. The zero-order chi connectivity index (χ0) is 13.1. The standard InChI is InChI=1S/C16H19N3/c17-11-12-8-9-14-15(10-12)19-16(18-14)13-6-4-2-1-3-5-7-13/h8-10,13H,1-7H2,(H,18,19). The molecule has 98 valence electrons. The van der Waals surface area contributed by atoms with Crippen LogP contribution in [-0.2, 0) is 0 Å². The summed E-state index contributed by atoms with van der Waals surface area (Å²) in [7, 11) is 0. The Morgan fingerprint density at radius 3 is 2.58 bits per heavy atom. The van der Waals surface area contributed by atoms with Crippen molar-refractivity contribution in [3.63, 3.8) is 0 Å². The number of hydrogen-bond acceptors (Lipinski definition) is 2. The summed E-state index contributed by atoms with van der Waals surface area (Å²) in [5.74, 6) is 1.69. The van der Waals surface area contributed by atoms with E-state index in [1.54, 1.807) is 0 Å². The Morgan fingerprint density at radius 2 is 1.84 bits per heavy atom. The Morgan fingerprint density at radius 1 is 1.11 bits per heavy atom. The monoisotopic (exact) mass is 253 g/mol. The van der Waals surface area contributed by atoms with Gasteiger partial charge in [-0.15, -0.1) is 0 Å². The lowest BCUT2D eigenvalue weighted by Crippen LogP contribution is -2.04. The molecule has 19 heavy (non-hydrogen) atoms. The Balaban J connectivity index is 1.89. The molecule has 2 aromatic rings. The molecule has 1 aliphatic carbocycles. The van der Waals surface area contributed by atoms with Crippen LogP contribution in [0.2, 0.25) is 0 Å². The van der Waals surface area contributed by atoms with Gasteiger partial charge in [-0.2, -0.15) is 5.26 Å². The highest BCUT2D eigenvalue weighted by molar-refractivity contribution is 5.76. The fraction of sp³-hybridized carbons (Fsp3) is 0.500. The fourth-order valence-electron chi connectivity index (χ4n) is 3.02. The van der Waals surface area contributed by atoms with Crippen LogP contribution in [0.5, 0.6) is 0 Å². The van der Waals surface area contributed by atoms with Crippen molar-refractivity contribution >= 4 is 11.0 Å². The second-order valence-corrected chi connectivity index (χ2v) is 5.51. The second kappa shape index (κ2) is 5.44. The van der Waals surface area contributed by atoms with E-state index in [-0.39, 0.29) is 0 Å². The summed E-state index contributed by atoms with van der Waals surface area (Å²) in [5.41, 5.74) is 2.67. The maximum Gasteiger partial charge on any atom is 0.110 e. The van der Waals surface area contributed by atoms with Crippen LogP contribution in [0.25, 0.3) is 11.0 Å². The van der Waals surface area contributed by atoms with Gasteiger partial charge in [0, 0.05) is 5.92 Å². The molecule has 1 heterocycles. The third-order valence-electron chi connectivity index (χ3n) is 4.12. The van der Waals surface area contributed by atoms with E-state index < -0.39 is 0 Å². The summed E-state index contributed by atoms with van der Waals surface area (Å²) in [4.78, 5) is 8.15. The van der Waals surface area contributed by atoms with Crippen molar-refractivity contribution in [1.29, 1.82) is 5.26 Å². The highest BCUT2D eigenvalue weighted by atomic mass is 14.9. The Bertz CT molecular complexity index is 598. The molecular formula is C16H19N3. The molecule has 0 atom stereocenters. The van der Waals surface area contributed by atoms with Crippen LogP contribution in [-0.4, -0.2) is 9.97 Å². The number of fused-ring (bicyclic) bond motifs is 1. The number of nitrogens with zero attached hydrogens (tertiary/aromatic N) is 2. The number of benzene rings is 1. The first-order chi connectivity index (χ1) is 9.36. The van der Waals surface area contributed by atoms with Crippen molar-refractivity contribution in [2.75, 3.05) is 0 Å². The first kappa shape index (κ1) is 12.2. The summed E-state index contributed by atoms with van der Waals surface area (Å²) in [6.07, 6.45) is 9.20. The molecule has 3 rings (SSSR count). The van der Waals surface area contributed by atoms with Crippen LogP contribution < -0.4 is 0 Å². The molecule has 1 aromatic carbocycles. The Hall–Kier alpha value is -1.82. The average Bonchev–Trinajstić information content (AvgIpc) is 2.80. The summed E-state index contributed by atoms with van der Waals surface area (Å²) >= 11 is 0. The van der Waals surface area contributed by atoms with Crippen molar-refractivity contribution in [3.05, 3.63) is 29.6 Å². The normalized spacial score (nSPS) is 17.8. The van der Waals surface area contributed by atoms with Crippen LogP contribution in [0.4, 0.5) is 0 Å². The van der Waals surface area contributed by atoms with Crippen molar-refractivity contribution < 1.29 is 0 Å². The zero-order valence-corrected chi connectivity index (χ0v) is 11.2. The largest absolute Gasteiger partial charge is 0.342 e. The molecule has 1 N–H and O–H groups in total. The molecule has 0 amide bonds. The second-order valence-electron chi connectivity index (χ2n) is 5.51. The number of nitrogens with one attached hydrogen (secondary N) is 1. The summed E-state index contributed by atoms with van der Waals surface area (Å²) < 4.78 is 0. The van der Waals surface area contributed by atoms with E-state index in [2.05, 4.69) is 11.1 Å². The molecule has 1 aromatic heterocycles. The zero-order valence-electron chi connectivity index (χ0n) is 11.2. The quantitative estimate of drug-likeness (QED) is 0.825. The van der Waals surface area contributed by atoms with Crippen molar-refractivity contribution in [3.8, 4) is 6.07 Å². The highest BCUT2D eigenvalue weighted by Gasteiger charge is 2.17. The van der Waals surface area contributed by atoms with E-state index in [9.17, 15) is 0 Å². The lowest BCUT2D eigenvalue weighted by atomic mass is 9.91. The number of hydrogen-bond donors (Lipinski definition) is 1. The summed E-state index contributed by atoms with van der Waals surface area (Å²) in [6.45, 7) is 0. The van der Waals surface area contributed by atoms with Crippen LogP contribution >= 0.6 is 0 Å². The number of aromatic amines is 1. The van der Waals surface area contributed by atoms with Gasteiger partial charge < -0.3 is 4.98 Å². The van der Waals surface area contributed by atoms with Gasteiger partial charge in [-0.05, 0) is 31.0 Å². The minimum atomic E-state index is 0.568. The molecule has 0 unspecified atom stereocenters. The van der Waals surface area contributed by atoms with E-state index in [1.807, 2.05) is 18.2 Å². The molecule has 0 saturated heterocycles. The van der Waals surface area contributed by atoms with Crippen molar-refractivity contribution in [1.82, 2.24) is 9.97 Å². The van der Waals surface area contributed by atoms with Gasteiger partial charge in [0.25, 0.3) is 0 Å². The maximum atomic E-state index is 8.94. The molecule has 0 bridgehead atoms. The molecule has 1 fully saturated rings. The number of nitriles is 1. The van der Waals surface area contributed by atoms with E-state index in [0.29, 0.717) is 11.5 Å². The molecule has 3 nitrogen and oxygen atoms in total. The van der Waals surface area contributed by atoms with Crippen molar-refractivity contribution in [2.24, 2.45) is 0 Å². The minimum Gasteiger partial charge on any atom is -0.342 e. The lowest BCUT2D eigenvalue weighted by molar-refractivity contribution is 0.445. The Labute approximate surface area is 113 Å². The van der Waals surface area contributed by atoms with Gasteiger partial charge in [-0.25, -0.2) is 4.98 Å². The SMILES string of the molecule is N#Cc1ccc2nc(C3CCCCCCC3)[nH]c2c1. The maximum absolute atomic E-state index is 8.94. The molecule has 3 heteroatoms. The first-order valence-corrected chi connectivity index (χ1v) is 7.26. The van der Waals surface area contributed by atoms with E-state index in [4.69, 9.17) is 10.2 Å². The van der Waals surface area contributed by atoms with Crippen LogP contribution in [0.3, 0.4) is 0 Å². The van der Waals surface area contributed by atoms with Gasteiger partial charge in [-0.1, -0.05) is 32.1 Å². The smallest absolute Gasteiger partial charge is 0.110 e. The molecule has 0 aliphatic heterocycles. The van der Waals surface area contributed by atoms with E-state index in [0.717, 1.165) is 16.9 Å². The van der Waals surface area contributed by atoms with Crippen LogP contribution in [0, 0.1) is 11.3 Å². The predicted octanol–water partition coefficient (Wildman–Crippen LogP) is 4.26. The lowest BCUT2D eigenvalue weighted by Gasteiger charge is -2.17. The van der Waals surface area contributed by atoms with Gasteiger partial charge in [0.1, 0.15) is 5.82 Å². The van der Waals surface area contributed by atoms with Crippen molar-refractivity contribution in [2.45, 2.75) is 50.9 Å². The average molecular weight is 253 g/mol. The predicted molar refractivity (Wildman–Crippen MR) is 75.9 cm³/mol. The van der Waals surface area contributed by atoms with Crippen LogP contribution in [0.15, 0.2) is 18.2 Å². The molecular weight excluding hydrogens is 234 g/mol. The fourth-order valence-corrected chi connectivity index (χ4v) is 3.02. The first-order valence-electron chi connectivity index (χ1n) is 7.26. The van der Waals surface area contributed by atoms with Gasteiger partial charge in [0.2, 0.25) is 0 Å². The summed E-state index contributed by atoms with van der Waals surface area (Å²) in [6, 6.07) is 7.86. The van der Waals surface area contributed by atoms with Gasteiger partial charge in [-0.3, -0.25) is 0 Å². The Kier molecular flexibility index (Phi) is 3.50. The van der Waals surface area contributed by atoms with Crippen LogP contribution in [0.1, 0.15) is 62.3 Å². The number of aromatic nitrogens is 2. The number of H-pyrrole nitrogens is 1. The molecule has 0 spiro atoms. The minimum absolute atomic E-state index is 0.568.